The summed E-state index contributed by atoms with van der Waals surface area (Å²) in [6.07, 6.45) is 1.91. The number of hydrogen-bond acceptors (Lipinski definition) is 1. The summed E-state index contributed by atoms with van der Waals surface area (Å²) < 4.78 is 0. The molecule has 0 radical (unpaired) electrons. The monoisotopic (exact) mass is 251 g/mol. The maximum Gasteiger partial charge on any atom is 0.0630 e. The molecule has 0 aliphatic rings. The topological polar surface area (TPSA) is 12.4 Å². The summed E-state index contributed by atoms with van der Waals surface area (Å²) >= 11 is 0. The molecule has 0 bridgehead atoms. The summed E-state index contributed by atoms with van der Waals surface area (Å²) in [6, 6.07) is 16.8. The second kappa shape index (κ2) is 5.40. The molecular weight excluding hydrogens is 230 g/mol. The quantitative estimate of drug-likeness (QED) is 0.663. The van der Waals surface area contributed by atoms with Crippen LogP contribution in [0, 0.1) is 6.92 Å². The Morgan fingerprint density at radius 3 is 1.95 bits per heavy atom. The molecule has 0 heterocycles. The average molecular weight is 251 g/mol. The Labute approximate surface area is 116 Å². The SMILES string of the molecule is Cc1ccc(C=Nc2ccc(C(C)(C)C)cc2)cc1. The maximum absolute atomic E-state index is 4.50. The maximum atomic E-state index is 4.50. The zero-order chi connectivity index (χ0) is 13.9. The highest BCUT2D eigenvalue weighted by Gasteiger charge is 2.12. The van der Waals surface area contributed by atoms with E-state index in [1.807, 2.05) is 6.21 Å². The highest BCUT2D eigenvalue weighted by atomic mass is 14.7. The van der Waals surface area contributed by atoms with Crippen molar-refractivity contribution in [3.63, 3.8) is 0 Å². The van der Waals surface area contributed by atoms with Crippen molar-refractivity contribution in [2.75, 3.05) is 0 Å². The fourth-order valence-electron chi connectivity index (χ4n) is 1.85. The van der Waals surface area contributed by atoms with E-state index in [0.29, 0.717) is 0 Å². The van der Waals surface area contributed by atoms with Crippen LogP contribution in [0.5, 0.6) is 0 Å². The molecule has 0 saturated heterocycles. The molecule has 0 fully saturated rings. The third kappa shape index (κ3) is 3.78. The lowest BCUT2D eigenvalue weighted by Gasteiger charge is -2.18. The van der Waals surface area contributed by atoms with E-state index < -0.39 is 0 Å². The van der Waals surface area contributed by atoms with Crippen LogP contribution in [0.2, 0.25) is 0 Å². The third-order valence-electron chi connectivity index (χ3n) is 3.17. The molecule has 0 atom stereocenters. The molecule has 98 valence electrons. The molecule has 0 aliphatic carbocycles. The van der Waals surface area contributed by atoms with Crippen molar-refractivity contribution >= 4 is 11.9 Å². The van der Waals surface area contributed by atoms with E-state index in [0.717, 1.165) is 11.3 Å². The van der Waals surface area contributed by atoms with Crippen LogP contribution in [0.15, 0.2) is 53.5 Å². The summed E-state index contributed by atoms with van der Waals surface area (Å²) in [5.74, 6) is 0. The molecule has 2 aromatic rings. The van der Waals surface area contributed by atoms with Gasteiger partial charge in [-0.1, -0.05) is 62.7 Å². The normalized spacial score (nSPS) is 12.0. The molecule has 1 heteroatoms. The number of hydrogen-bond donors (Lipinski definition) is 0. The lowest BCUT2D eigenvalue weighted by Crippen LogP contribution is -2.10. The van der Waals surface area contributed by atoms with Gasteiger partial charge >= 0.3 is 0 Å². The van der Waals surface area contributed by atoms with Gasteiger partial charge in [0.15, 0.2) is 0 Å². The van der Waals surface area contributed by atoms with Crippen LogP contribution in [-0.2, 0) is 5.41 Å². The third-order valence-corrected chi connectivity index (χ3v) is 3.17. The van der Waals surface area contributed by atoms with Crippen molar-refractivity contribution < 1.29 is 0 Å². The fourth-order valence-corrected chi connectivity index (χ4v) is 1.85. The van der Waals surface area contributed by atoms with Crippen LogP contribution in [0.4, 0.5) is 5.69 Å². The Bertz CT molecular complexity index is 554. The van der Waals surface area contributed by atoms with Gasteiger partial charge in [0.25, 0.3) is 0 Å². The van der Waals surface area contributed by atoms with Crippen LogP contribution < -0.4 is 0 Å². The molecule has 0 aromatic heterocycles. The molecule has 0 aliphatic heterocycles. The molecule has 0 saturated carbocycles. The fraction of sp³-hybridized carbons (Fsp3) is 0.278. The van der Waals surface area contributed by atoms with Crippen molar-refractivity contribution in [2.24, 2.45) is 4.99 Å². The highest BCUT2D eigenvalue weighted by Crippen LogP contribution is 2.24. The second-order valence-electron chi connectivity index (χ2n) is 5.97. The van der Waals surface area contributed by atoms with E-state index >= 15 is 0 Å². The van der Waals surface area contributed by atoms with Gasteiger partial charge in [-0.2, -0.15) is 0 Å². The van der Waals surface area contributed by atoms with Gasteiger partial charge in [-0.3, -0.25) is 4.99 Å². The number of aliphatic imine (C=N–C) groups is 1. The van der Waals surface area contributed by atoms with E-state index in [-0.39, 0.29) is 5.41 Å². The summed E-state index contributed by atoms with van der Waals surface area (Å²) in [5, 5.41) is 0. The van der Waals surface area contributed by atoms with Crippen molar-refractivity contribution in [3.05, 3.63) is 65.2 Å². The molecule has 0 N–H and O–H groups in total. The molecule has 0 unspecified atom stereocenters. The molecule has 1 nitrogen and oxygen atoms in total. The van der Waals surface area contributed by atoms with Crippen molar-refractivity contribution in [3.8, 4) is 0 Å². The first-order valence-corrected chi connectivity index (χ1v) is 6.66. The van der Waals surface area contributed by atoms with Gasteiger partial charge < -0.3 is 0 Å². The minimum Gasteiger partial charge on any atom is -0.256 e. The van der Waals surface area contributed by atoms with Gasteiger partial charge in [0.2, 0.25) is 0 Å². The van der Waals surface area contributed by atoms with E-state index in [2.05, 4.69) is 81.2 Å². The number of benzene rings is 2. The Hall–Kier alpha value is -1.89. The summed E-state index contributed by atoms with van der Waals surface area (Å²) in [5.41, 5.74) is 4.92. The zero-order valence-electron chi connectivity index (χ0n) is 12.1. The average Bonchev–Trinajstić information content (AvgIpc) is 2.37. The number of rotatable bonds is 2. The summed E-state index contributed by atoms with van der Waals surface area (Å²) in [6.45, 7) is 8.75. The van der Waals surface area contributed by atoms with E-state index in [9.17, 15) is 0 Å². The molecule has 0 amide bonds. The predicted molar refractivity (Wildman–Crippen MR) is 83.6 cm³/mol. The first-order chi connectivity index (χ1) is 8.95. The van der Waals surface area contributed by atoms with Crippen LogP contribution in [0.1, 0.15) is 37.5 Å². The van der Waals surface area contributed by atoms with E-state index in [1.165, 1.54) is 11.1 Å². The van der Waals surface area contributed by atoms with Crippen LogP contribution in [0.3, 0.4) is 0 Å². The molecule has 19 heavy (non-hydrogen) atoms. The predicted octanol–water partition coefficient (Wildman–Crippen LogP) is 5.04. The van der Waals surface area contributed by atoms with Crippen molar-refractivity contribution in [2.45, 2.75) is 33.1 Å². The van der Waals surface area contributed by atoms with Crippen LogP contribution >= 0.6 is 0 Å². The van der Waals surface area contributed by atoms with E-state index in [4.69, 9.17) is 0 Å². The van der Waals surface area contributed by atoms with Gasteiger partial charge in [0.05, 0.1) is 5.69 Å². The number of nitrogens with zero attached hydrogens (tertiary/aromatic N) is 1. The van der Waals surface area contributed by atoms with Gasteiger partial charge in [-0.15, -0.1) is 0 Å². The first kappa shape index (κ1) is 13.5. The molecule has 2 aromatic carbocycles. The van der Waals surface area contributed by atoms with Crippen LogP contribution in [0.25, 0.3) is 0 Å². The Morgan fingerprint density at radius 2 is 1.42 bits per heavy atom. The van der Waals surface area contributed by atoms with Crippen molar-refractivity contribution in [1.82, 2.24) is 0 Å². The lowest BCUT2D eigenvalue weighted by molar-refractivity contribution is 0.590. The second-order valence-corrected chi connectivity index (χ2v) is 5.97. The highest BCUT2D eigenvalue weighted by molar-refractivity contribution is 5.81. The minimum atomic E-state index is 0.194. The Morgan fingerprint density at radius 1 is 0.842 bits per heavy atom. The molecular formula is C18H21N. The van der Waals surface area contributed by atoms with Gasteiger partial charge in [0, 0.05) is 6.21 Å². The standard InChI is InChI=1S/C18H21N/c1-14-5-7-15(8-6-14)13-19-17-11-9-16(10-12-17)18(2,3)4/h5-13H,1-4H3. The largest absolute Gasteiger partial charge is 0.256 e. The van der Waals surface area contributed by atoms with Gasteiger partial charge in [-0.25, -0.2) is 0 Å². The number of aryl methyl sites for hydroxylation is 1. The molecule has 2 rings (SSSR count). The lowest BCUT2D eigenvalue weighted by atomic mass is 9.87. The van der Waals surface area contributed by atoms with Gasteiger partial charge in [-0.05, 0) is 35.6 Å². The minimum absolute atomic E-state index is 0.194. The Balaban J connectivity index is 2.13. The van der Waals surface area contributed by atoms with Crippen LogP contribution in [-0.4, -0.2) is 6.21 Å². The molecule has 0 spiro atoms. The summed E-state index contributed by atoms with van der Waals surface area (Å²) in [4.78, 5) is 4.50. The smallest absolute Gasteiger partial charge is 0.0630 e. The van der Waals surface area contributed by atoms with Gasteiger partial charge in [0.1, 0.15) is 0 Å². The Kier molecular flexibility index (Phi) is 3.84. The van der Waals surface area contributed by atoms with Crippen molar-refractivity contribution in [1.29, 1.82) is 0 Å². The summed E-state index contributed by atoms with van der Waals surface area (Å²) in [7, 11) is 0. The van der Waals surface area contributed by atoms with E-state index in [1.54, 1.807) is 0 Å². The zero-order valence-corrected chi connectivity index (χ0v) is 12.1. The first-order valence-electron chi connectivity index (χ1n) is 6.66.